The van der Waals surface area contributed by atoms with Crippen molar-refractivity contribution in [2.75, 3.05) is 5.32 Å². The Bertz CT molecular complexity index is 848. The first-order chi connectivity index (χ1) is 11.4. The summed E-state index contributed by atoms with van der Waals surface area (Å²) in [7, 11) is 0. The number of aromatic nitrogens is 2. The zero-order valence-electron chi connectivity index (χ0n) is 12.2. The Morgan fingerprint density at radius 2 is 1.67 bits per heavy atom. The molecule has 2 aromatic heterocycles. The maximum atomic E-state index is 13.3. The van der Waals surface area contributed by atoms with Crippen LogP contribution in [0.5, 0.6) is 0 Å². The van der Waals surface area contributed by atoms with Crippen LogP contribution in [0.2, 0.25) is 0 Å². The number of anilines is 2. The normalized spacial score (nSPS) is 11.3. The maximum Gasteiger partial charge on any atom is 0.435 e. The highest BCUT2D eigenvalue weighted by atomic mass is 19.4. The number of rotatable bonds is 3. The SMILES string of the molecule is Fc1cncc(-c2ccc(Nc3ccccc3)c(C(F)(F)F)n2)c1. The predicted molar refractivity (Wildman–Crippen MR) is 82.2 cm³/mol. The molecule has 0 fully saturated rings. The third-order valence-electron chi connectivity index (χ3n) is 3.22. The van der Waals surface area contributed by atoms with E-state index >= 15 is 0 Å². The first-order valence-corrected chi connectivity index (χ1v) is 6.95. The summed E-state index contributed by atoms with van der Waals surface area (Å²) in [4.78, 5) is 7.29. The van der Waals surface area contributed by atoms with Gasteiger partial charge in [-0.05, 0) is 30.3 Å². The Balaban J connectivity index is 2.04. The second kappa shape index (κ2) is 6.27. The van der Waals surface area contributed by atoms with Crippen molar-refractivity contribution in [3.05, 3.63) is 72.4 Å². The minimum absolute atomic E-state index is 0.00654. The smallest absolute Gasteiger partial charge is 0.354 e. The lowest BCUT2D eigenvalue weighted by Crippen LogP contribution is -2.12. The molecule has 1 N–H and O–H groups in total. The van der Waals surface area contributed by atoms with E-state index in [0.29, 0.717) is 5.69 Å². The highest BCUT2D eigenvalue weighted by Gasteiger charge is 2.36. The molecule has 24 heavy (non-hydrogen) atoms. The van der Waals surface area contributed by atoms with Gasteiger partial charge in [0, 0.05) is 17.4 Å². The lowest BCUT2D eigenvalue weighted by molar-refractivity contribution is -0.140. The highest BCUT2D eigenvalue weighted by Crippen LogP contribution is 2.36. The molecule has 0 aliphatic heterocycles. The quantitative estimate of drug-likeness (QED) is 0.682. The van der Waals surface area contributed by atoms with Crippen LogP contribution >= 0.6 is 0 Å². The summed E-state index contributed by atoms with van der Waals surface area (Å²) in [6.07, 6.45) is -2.43. The van der Waals surface area contributed by atoms with Crippen LogP contribution in [0, 0.1) is 5.82 Å². The van der Waals surface area contributed by atoms with E-state index < -0.39 is 17.7 Å². The summed E-state index contributed by atoms with van der Waals surface area (Å²) in [6, 6.07) is 12.2. The Morgan fingerprint density at radius 3 is 2.33 bits per heavy atom. The van der Waals surface area contributed by atoms with Gasteiger partial charge in [-0.3, -0.25) is 4.98 Å². The summed E-state index contributed by atoms with van der Waals surface area (Å²) >= 11 is 0. The van der Waals surface area contributed by atoms with Gasteiger partial charge in [0.25, 0.3) is 0 Å². The Labute approximate surface area is 135 Å². The number of halogens is 4. The molecular weight excluding hydrogens is 322 g/mol. The molecule has 3 rings (SSSR count). The first-order valence-electron chi connectivity index (χ1n) is 6.95. The van der Waals surface area contributed by atoms with E-state index in [9.17, 15) is 17.6 Å². The minimum Gasteiger partial charge on any atom is -0.354 e. The van der Waals surface area contributed by atoms with Gasteiger partial charge in [0.05, 0.1) is 17.6 Å². The minimum atomic E-state index is -4.66. The van der Waals surface area contributed by atoms with Crippen molar-refractivity contribution in [1.82, 2.24) is 9.97 Å². The number of hydrogen-bond donors (Lipinski definition) is 1. The Hall–Kier alpha value is -2.96. The summed E-state index contributed by atoms with van der Waals surface area (Å²) in [5.74, 6) is -0.644. The molecule has 0 aliphatic rings. The fraction of sp³-hybridized carbons (Fsp3) is 0.0588. The van der Waals surface area contributed by atoms with Crippen LogP contribution in [0.15, 0.2) is 60.9 Å². The monoisotopic (exact) mass is 333 g/mol. The van der Waals surface area contributed by atoms with Crippen molar-refractivity contribution >= 4 is 11.4 Å². The van der Waals surface area contributed by atoms with E-state index in [0.717, 1.165) is 12.3 Å². The van der Waals surface area contributed by atoms with Crippen LogP contribution in [0.25, 0.3) is 11.3 Å². The number of nitrogens with zero attached hydrogens (tertiary/aromatic N) is 2. The molecule has 0 atom stereocenters. The van der Waals surface area contributed by atoms with E-state index in [1.807, 2.05) is 0 Å². The van der Waals surface area contributed by atoms with Gasteiger partial charge in [-0.1, -0.05) is 18.2 Å². The van der Waals surface area contributed by atoms with Crippen molar-refractivity contribution < 1.29 is 17.6 Å². The molecule has 1 aromatic carbocycles. The number of nitrogens with one attached hydrogen (secondary N) is 1. The maximum absolute atomic E-state index is 13.3. The van der Waals surface area contributed by atoms with Crippen molar-refractivity contribution in [2.45, 2.75) is 6.18 Å². The third-order valence-corrected chi connectivity index (χ3v) is 3.22. The van der Waals surface area contributed by atoms with Crippen LogP contribution < -0.4 is 5.32 Å². The largest absolute Gasteiger partial charge is 0.435 e. The van der Waals surface area contributed by atoms with Gasteiger partial charge in [-0.25, -0.2) is 9.37 Å². The number of hydrogen-bond acceptors (Lipinski definition) is 3. The van der Waals surface area contributed by atoms with Crippen molar-refractivity contribution in [3.63, 3.8) is 0 Å². The molecule has 7 heteroatoms. The Morgan fingerprint density at radius 1 is 0.917 bits per heavy atom. The van der Waals surface area contributed by atoms with Crippen LogP contribution in [0.1, 0.15) is 5.69 Å². The van der Waals surface area contributed by atoms with Gasteiger partial charge < -0.3 is 5.32 Å². The van der Waals surface area contributed by atoms with Gasteiger partial charge in [-0.15, -0.1) is 0 Å². The summed E-state index contributed by atoms with van der Waals surface area (Å²) in [5.41, 5.74) is -0.584. The molecule has 0 spiro atoms. The van der Waals surface area contributed by atoms with Gasteiger partial charge in [0.15, 0.2) is 5.69 Å². The third kappa shape index (κ3) is 3.51. The first kappa shape index (κ1) is 15.9. The second-order valence-electron chi connectivity index (χ2n) is 4.97. The van der Waals surface area contributed by atoms with E-state index in [1.54, 1.807) is 30.3 Å². The lowest BCUT2D eigenvalue weighted by atomic mass is 10.1. The number of alkyl halides is 3. The molecule has 0 bridgehead atoms. The fourth-order valence-corrected chi connectivity index (χ4v) is 2.17. The fourth-order valence-electron chi connectivity index (χ4n) is 2.17. The topological polar surface area (TPSA) is 37.8 Å². The number of para-hydroxylation sites is 1. The van der Waals surface area contributed by atoms with Crippen LogP contribution in [0.3, 0.4) is 0 Å². The zero-order valence-corrected chi connectivity index (χ0v) is 12.2. The molecule has 0 amide bonds. The van der Waals surface area contributed by atoms with Crippen molar-refractivity contribution in [1.29, 1.82) is 0 Å². The van der Waals surface area contributed by atoms with Gasteiger partial charge in [0.2, 0.25) is 0 Å². The van der Waals surface area contributed by atoms with Crippen LogP contribution in [-0.2, 0) is 6.18 Å². The molecule has 0 radical (unpaired) electrons. The average Bonchev–Trinajstić information content (AvgIpc) is 2.55. The standard InChI is InChI=1S/C17H11F4N3/c18-12-8-11(9-22-10-12)14-6-7-15(16(24-14)17(19,20)21)23-13-4-2-1-3-5-13/h1-10,23H. The molecule has 122 valence electrons. The van der Waals surface area contributed by atoms with E-state index in [4.69, 9.17) is 0 Å². The molecule has 0 saturated heterocycles. The molecule has 0 aliphatic carbocycles. The van der Waals surface area contributed by atoms with Crippen LogP contribution in [-0.4, -0.2) is 9.97 Å². The highest BCUT2D eigenvalue weighted by molar-refractivity contribution is 5.67. The molecular formula is C17H11F4N3. The summed E-state index contributed by atoms with van der Waals surface area (Å²) in [6.45, 7) is 0. The van der Waals surface area contributed by atoms with Crippen molar-refractivity contribution in [2.24, 2.45) is 0 Å². The molecule has 2 heterocycles. The Kier molecular flexibility index (Phi) is 4.16. The molecule has 3 aromatic rings. The van der Waals surface area contributed by atoms with E-state index in [2.05, 4.69) is 15.3 Å². The van der Waals surface area contributed by atoms with E-state index in [-0.39, 0.29) is 16.9 Å². The van der Waals surface area contributed by atoms with Crippen LogP contribution in [0.4, 0.5) is 28.9 Å². The molecule has 0 saturated carbocycles. The van der Waals surface area contributed by atoms with Crippen molar-refractivity contribution in [3.8, 4) is 11.3 Å². The zero-order chi connectivity index (χ0) is 17.2. The summed E-state index contributed by atoms with van der Waals surface area (Å²) < 4.78 is 53.2. The van der Waals surface area contributed by atoms with Gasteiger partial charge >= 0.3 is 6.18 Å². The summed E-state index contributed by atoms with van der Waals surface area (Å²) in [5, 5.41) is 2.70. The van der Waals surface area contributed by atoms with E-state index in [1.165, 1.54) is 18.3 Å². The average molecular weight is 333 g/mol. The number of pyridine rings is 2. The lowest BCUT2D eigenvalue weighted by Gasteiger charge is -2.15. The van der Waals surface area contributed by atoms with Gasteiger partial charge in [-0.2, -0.15) is 13.2 Å². The molecule has 3 nitrogen and oxygen atoms in total. The number of benzene rings is 1. The second-order valence-corrected chi connectivity index (χ2v) is 4.97. The van der Waals surface area contributed by atoms with Gasteiger partial charge in [0.1, 0.15) is 5.82 Å². The molecule has 0 unspecified atom stereocenters. The predicted octanol–water partition coefficient (Wildman–Crippen LogP) is 5.05.